The summed E-state index contributed by atoms with van der Waals surface area (Å²) in [6.07, 6.45) is 2.90. The van der Waals surface area contributed by atoms with Gasteiger partial charge < -0.3 is 0 Å². The lowest BCUT2D eigenvalue weighted by Gasteiger charge is -2.05. The zero-order valence-electron chi connectivity index (χ0n) is 10.7. The topological polar surface area (TPSA) is 25.8 Å². The average Bonchev–Trinajstić information content (AvgIpc) is 2.55. The van der Waals surface area contributed by atoms with E-state index in [1.54, 1.807) is 0 Å². The van der Waals surface area contributed by atoms with Crippen LogP contribution in [0.25, 0.3) is 33.1 Å². The Hall–Kier alpha value is -2.74. The van der Waals surface area contributed by atoms with E-state index < -0.39 is 0 Å². The molecule has 0 aliphatic rings. The quantitative estimate of drug-likeness (QED) is 0.475. The summed E-state index contributed by atoms with van der Waals surface area (Å²) in [5, 5.41) is 2.19. The van der Waals surface area contributed by atoms with Crippen LogP contribution in [0.15, 0.2) is 66.7 Å². The molecule has 20 heavy (non-hydrogen) atoms. The normalized spacial score (nSPS) is 11.0. The minimum absolute atomic E-state index is 0.905. The second-order valence-electron chi connectivity index (χ2n) is 4.71. The van der Waals surface area contributed by atoms with Gasteiger partial charge in [-0.05, 0) is 12.1 Å². The Kier molecular flexibility index (Phi) is 2.46. The number of fused-ring (bicyclic) bond motifs is 3. The summed E-state index contributed by atoms with van der Waals surface area (Å²) in [6, 6.07) is 22.3. The van der Waals surface area contributed by atoms with Crippen LogP contribution in [-0.2, 0) is 0 Å². The molecule has 0 amide bonds. The number of rotatable bonds is 1. The summed E-state index contributed by atoms with van der Waals surface area (Å²) < 4.78 is 0. The number of benzene rings is 2. The first-order valence-corrected chi connectivity index (χ1v) is 6.54. The van der Waals surface area contributed by atoms with Crippen molar-refractivity contribution in [3.8, 4) is 11.3 Å². The van der Waals surface area contributed by atoms with Crippen molar-refractivity contribution in [3.63, 3.8) is 0 Å². The van der Waals surface area contributed by atoms with E-state index in [9.17, 15) is 0 Å². The number of aromatic nitrogens is 2. The van der Waals surface area contributed by atoms with Gasteiger partial charge in [-0.15, -0.1) is 0 Å². The molecule has 0 aliphatic heterocycles. The highest BCUT2D eigenvalue weighted by molar-refractivity contribution is 6.03. The smallest absolute Gasteiger partial charge is 0.0973 e. The van der Waals surface area contributed by atoms with E-state index in [4.69, 9.17) is 4.98 Å². The van der Waals surface area contributed by atoms with Crippen molar-refractivity contribution < 1.29 is 0 Å². The second-order valence-corrected chi connectivity index (χ2v) is 4.71. The van der Waals surface area contributed by atoms with E-state index in [1.165, 1.54) is 0 Å². The van der Waals surface area contributed by atoms with Gasteiger partial charge in [-0.3, -0.25) is 0 Å². The van der Waals surface area contributed by atoms with Gasteiger partial charge in [-0.2, -0.15) is 0 Å². The van der Waals surface area contributed by atoms with Gasteiger partial charge in [0.1, 0.15) is 0 Å². The second kappa shape index (κ2) is 4.42. The minimum Gasteiger partial charge on any atom is -0.245 e. The Balaban J connectivity index is 2.05. The molecule has 0 saturated carbocycles. The van der Waals surface area contributed by atoms with Crippen molar-refractivity contribution in [3.05, 3.63) is 72.9 Å². The summed E-state index contributed by atoms with van der Waals surface area (Å²) in [6.45, 7) is 0. The van der Waals surface area contributed by atoms with Crippen LogP contribution < -0.4 is 0 Å². The van der Waals surface area contributed by atoms with Crippen LogP contribution in [0.5, 0.6) is 0 Å². The average molecular weight is 255 g/mol. The maximum atomic E-state index is 4.79. The lowest BCUT2D eigenvalue weighted by Crippen LogP contribution is -1.88. The minimum atomic E-state index is 0.905. The van der Waals surface area contributed by atoms with Gasteiger partial charge >= 0.3 is 0 Å². The molecular weight excluding hydrogens is 244 g/mol. The van der Waals surface area contributed by atoms with Crippen LogP contribution in [0.2, 0.25) is 0 Å². The van der Waals surface area contributed by atoms with Gasteiger partial charge in [0.2, 0.25) is 0 Å². The van der Waals surface area contributed by atoms with Gasteiger partial charge in [0.05, 0.1) is 22.9 Å². The summed E-state index contributed by atoms with van der Waals surface area (Å²) in [5.41, 5.74) is 3.92. The predicted molar refractivity (Wildman–Crippen MR) is 81.3 cm³/mol. The molecule has 0 saturated heterocycles. The Morgan fingerprint density at radius 2 is 1.45 bits per heavy atom. The van der Waals surface area contributed by atoms with Gasteiger partial charge in [-0.1, -0.05) is 54.6 Å². The third kappa shape index (κ3) is 1.74. The highest BCUT2D eigenvalue weighted by atomic mass is 14.7. The first kappa shape index (κ1) is 11.1. The number of hydrogen-bond donors (Lipinski definition) is 0. The highest BCUT2D eigenvalue weighted by Crippen LogP contribution is 2.25. The molecule has 2 aromatic carbocycles. The largest absolute Gasteiger partial charge is 0.245 e. The van der Waals surface area contributed by atoms with Gasteiger partial charge in [-0.25, -0.2) is 9.97 Å². The first-order valence-electron chi connectivity index (χ1n) is 6.54. The Morgan fingerprint density at radius 3 is 2.30 bits per heavy atom. The maximum Gasteiger partial charge on any atom is 0.0973 e. The summed E-state index contributed by atoms with van der Waals surface area (Å²) in [7, 11) is 0. The van der Waals surface area contributed by atoms with Crippen LogP contribution in [0.1, 0.15) is 0 Å². The number of nitrogens with zero attached hydrogens (tertiary/aromatic N) is 2. The van der Waals surface area contributed by atoms with Crippen molar-refractivity contribution in [1.82, 2.24) is 9.97 Å². The summed E-state index contributed by atoms with van der Waals surface area (Å²) in [5.74, 6) is 0. The van der Waals surface area contributed by atoms with Crippen molar-refractivity contribution >= 4 is 21.8 Å². The molecule has 2 heteroatoms. The summed E-state index contributed by atoms with van der Waals surface area (Å²) >= 11 is 0. The van der Waals surface area contributed by atoms with Crippen molar-refractivity contribution in [2.45, 2.75) is 0 Å². The first-order chi connectivity index (χ1) is 9.92. The van der Waals surface area contributed by atoms with E-state index in [-0.39, 0.29) is 0 Å². The molecule has 0 unspecified atom stereocenters. The SMILES string of the molecule is [c]1ccc2ccc3ccc(-c4ccccc4)nc3c2n1. The molecular formula is C18H11N2. The fourth-order valence-electron chi connectivity index (χ4n) is 2.44. The van der Waals surface area contributed by atoms with Crippen molar-refractivity contribution in [2.24, 2.45) is 0 Å². The molecule has 2 heterocycles. The Bertz CT molecular complexity index is 899. The van der Waals surface area contributed by atoms with Crippen LogP contribution in [-0.4, -0.2) is 9.97 Å². The molecule has 4 rings (SSSR count). The molecule has 0 bridgehead atoms. The van der Waals surface area contributed by atoms with Crippen LogP contribution in [0.4, 0.5) is 0 Å². The monoisotopic (exact) mass is 255 g/mol. The fraction of sp³-hybridized carbons (Fsp3) is 0. The molecule has 0 N–H and O–H groups in total. The van der Waals surface area contributed by atoms with Crippen molar-refractivity contribution in [1.29, 1.82) is 0 Å². The van der Waals surface area contributed by atoms with Gasteiger partial charge in [0.25, 0.3) is 0 Å². The molecule has 0 atom stereocenters. The zero-order chi connectivity index (χ0) is 13.4. The highest BCUT2D eigenvalue weighted by Gasteiger charge is 2.05. The van der Waals surface area contributed by atoms with Crippen molar-refractivity contribution in [2.75, 3.05) is 0 Å². The lowest BCUT2D eigenvalue weighted by molar-refractivity contribution is 1.36. The molecule has 0 aliphatic carbocycles. The maximum absolute atomic E-state index is 4.79. The fourth-order valence-corrected chi connectivity index (χ4v) is 2.44. The van der Waals surface area contributed by atoms with E-state index in [0.29, 0.717) is 0 Å². The van der Waals surface area contributed by atoms with Gasteiger partial charge in [0.15, 0.2) is 0 Å². The van der Waals surface area contributed by atoms with Crippen LogP contribution in [0, 0.1) is 6.20 Å². The molecule has 0 fully saturated rings. The van der Waals surface area contributed by atoms with Crippen LogP contribution >= 0.6 is 0 Å². The molecule has 2 aromatic heterocycles. The third-order valence-electron chi connectivity index (χ3n) is 3.45. The molecule has 0 spiro atoms. The van der Waals surface area contributed by atoms with E-state index in [2.05, 4.69) is 47.6 Å². The number of pyridine rings is 2. The van der Waals surface area contributed by atoms with E-state index in [0.717, 1.165) is 33.1 Å². The van der Waals surface area contributed by atoms with Gasteiger partial charge in [0, 0.05) is 16.3 Å². The van der Waals surface area contributed by atoms with E-state index >= 15 is 0 Å². The summed E-state index contributed by atoms with van der Waals surface area (Å²) in [4.78, 5) is 9.15. The number of hydrogen-bond acceptors (Lipinski definition) is 2. The lowest BCUT2D eigenvalue weighted by atomic mass is 10.1. The zero-order valence-corrected chi connectivity index (χ0v) is 10.7. The van der Waals surface area contributed by atoms with Crippen LogP contribution in [0.3, 0.4) is 0 Å². The van der Waals surface area contributed by atoms with E-state index in [1.807, 2.05) is 30.3 Å². The molecule has 2 nitrogen and oxygen atoms in total. The predicted octanol–water partition coefficient (Wildman–Crippen LogP) is 4.25. The Labute approximate surface area is 116 Å². The Morgan fingerprint density at radius 1 is 0.700 bits per heavy atom. The molecule has 4 aromatic rings. The molecule has 93 valence electrons. The third-order valence-corrected chi connectivity index (χ3v) is 3.45. The molecule has 1 radical (unpaired) electrons. The standard InChI is InChI=1S/C18H11N2/c1-2-5-13(6-3-1)16-11-10-15-9-8-14-7-4-12-19-17(14)18(15)20-16/h1-11H.